The second-order valence-corrected chi connectivity index (χ2v) is 3.84. The predicted octanol–water partition coefficient (Wildman–Crippen LogP) is 2.50. The topological polar surface area (TPSA) is 29.5 Å². The van der Waals surface area contributed by atoms with Crippen LogP contribution in [-0.4, -0.2) is 17.8 Å². The van der Waals surface area contributed by atoms with Gasteiger partial charge in [-0.05, 0) is 43.4 Å². The number of aromatic hydroxyl groups is 1. The van der Waals surface area contributed by atoms with Crippen molar-refractivity contribution in [2.75, 3.05) is 6.61 Å². The number of benzene rings is 1. The van der Waals surface area contributed by atoms with Crippen LogP contribution in [0.25, 0.3) is 0 Å². The molecule has 1 fully saturated rings. The van der Waals surface area contributed by atoms with Crippen LogP contribution in [0.15, 0.2) is 24.3 Å². The van der Waals surface area contributed by atoms with E-state index < -0.39 is 0 Å². The SMILES string of the molecule is Oc1ccc(CCCOC2CC2)cc1. The summed E-state index contributed by atoms with van der Waals surface area (Å²) in [5, 5.41) is 9.08. The summed E-state index contributed by atoms with van der Waals surface area (Å²) in [5.74, 6) is 0.336. The van der Waals surface area contributed by atoms with Crippen molar-refractivity contribution in [1.82, 2.24) is 0 Å². The molecule has 0 bridgehead atoms. The minimum Gasteiger partial charge on any atom is -0.508 e. The van der Waals surface area contributed by atoms with Gasteiger partial charge in [0.05, 0.1) is 6.10 Å². The summed E-state index contributed by atoms with van der Waals surface area (Å²) >= 11 is 0. The second-order valence-electron chi connectivity index (χ2n) is 3.84. The van der Waals surface area contributed by atoms with E-state index in [0.29, 0.717) is 11.9 Å². The minimum absolute atomic E-state index is 0.336. The molecule has 1 aromatic rings. The Morgan fingerprint density at radius 1 is 1.21 bits per heavy atom. The highest BCUT2D eigenvalue weighted by Crippen LogP contribution is 2.23. The van der Waals surface area contributed by atoms with Crippen molar-refractivity contribution in [2.24, 2.45) is 0 Å². The number of phenolic OH excluding ortho intramolecular Hbond substituents is 1. The summed E-state index contributed by atoms with van der Waals surface area (Å²) in [7, 11) is 0. The zero-order valence-electron chi connectivity index (χ0n) is 8.28. The molecule has 0 radical (unpaired) electrons. The average molecular weight is 192 g/mol. The predicted molar refractivity (Wildman–Crippen MR) is 55.4 cm³/mol. The molecule has 0 atom stereocenters. The van der Waals surface area contributed by atoms with Crippen LogP contribution in [0.2, 0.25) is 0 Å². The molecule has 2 heteroatoms. The van der Waals surface area contributed by atoms with Crippen LogP contribution in [0.1, 0.15) is 24.8 Å². The molecule has 0 amide bonds. The van der Waals surface area contributed by atoms with Crippen LogP contribution < -0.4 is 0 Å². The maximum absolute atomic E-state index is 9.08. The fourth-order valence-electron chi connectivity index (χ4n) is 1.42. The fourth-order valence-corrected chi connectivity index (χ4v) is 1.42. The Hall–Kier alpha value is -1.02. The van der Waals surface area contributed by atoms with Gasteiger partial charge in [0.15, 0.2) is 0 Å². The number of phenols is 1. The number of ether oxygens (including phenoxy) is 1. The normalized spacial score (nSPS) is 15.7. The van der Waals surface area contributed by atoms with Gasteiger partial charge in [0.1, 0.15) is 5.75 Å². The van der Waals surface area contributed by atoms with Crippen LogP contribution in [0, 0.1) is 0 Å². The van der Waals surface area contributed by atoms with Crippen LogP contribution in [0.4, 0.5) is 0 Å². The van der Waals surface area contributed by atoms with Gasteiger partial charge < -0.3 is 9.84 Å². The Balaban J connectivity index is 1.66. The number of hydrogen-bond acceptors (Lipinski definition) is 2. The van der Waals surface area contributed by atoms with Crippen LogP contribution in [-0.2, 0) is 11.2 Å². The molecule has 14 heavy (non-hydrogen) atoms. The van der Waals surface area contributed by atoms with Gasteiger partial charge in [0.2, 0.25) is 0 Å². The zero-order chi connectivity index (χ0) is 9.80. The molecule has 0 heterocycles. The highest BCUT2D eigenvalue weighted by Gasteiger charge is 2.21. The van der Waals surface area contributed by atoms with E-state index in [1.165, 1.54) is 18.4 Å². The average Bonchev–Trinajstić information content (AvgIpc) is 2.99. The quantitative estimate of drug-likeness (QED) is 0.726. The molecule has 2 nitrogen and oxygen atoms in total. The van der Waals surface area contributed by atoms with Gasteiger partial charge in [-0.2, -0.15) is 0 Å². The molecule has 1 aromatic carbocycles. The lowest BCUT2D eigenvalue weighted by Crippen LogP contribution is -1.97. The van der Waals surface area contributed by atoms with E-state index in [0.717, 1.165) is 19.4 Å². The molecule has 0 spiro atoms. The van der Waals surface area contributed by atoms with Crippen molar-refractivity contribution < 1.29 is 9.84 Å². The van der Waals surface area contributed by atoms with Crippen LogP contribution >= 0.6 is 0 Å². The van der Waals surface area contributed by atoms with Gasteiger partial charge in [-0.1, -0.05) is 12.1 Å². The van der Waals surface area contributed by atoms with Gasteiger partial charge in [-0.3, -0.25) is 0 Å². The van der Waals surface area contributed by atoms with E-state index in [1.807, 2.05) is 12.1 Å². The second kappa shape index (κ2) is 4.47. The van der Waals surface area contributed by atoms with Gasteiger partial charge in [-0.15, -0.1) is 0 Å². The Kier molecular flexibility index (Phi) is 3.04. The molecule has 0 aliphatic heterocycles. The summed E-state index contributed by atoms with van der Waals surface area (Å²) in [6.45, 7) is 0.867. The number of hydrogen-bond donors (Lipinski definition) is 1. The summed E-state index contributed by atoms with van der Waals surface area (Å²) in [6, 6.07) is 7.40. The van der Waals surface area contributed by atoms with Crippen molar-refractivity contribution in [3.05, 3.63) is 29.8 Å². The first kappa shape index (κ1) is 9.53. The Labute approximate surface area is 84.5 Å². The van der Waals surface area contributed by atoms with E-state index in [2.05, 4.69) is 0 Å². The maximum Gasteiger partial charge on any atom is 0.115 e. The molecule has 1 saturated carbocycles. The fraction of sp³-hybridized carbons (Fsp3) is 0.500. The molecule has 2 rings (SSSR count). The number of rotatable bonds is 5. The summed E-state index contributed by atoms with van der Waals surface area (Å²) in [6.07, 6.45) is 5.17. The molecular formula is C12H16O2. The van der Waals surface area contributed by atoms with Crippen molar-refractivity contribution >= 4 is 0 Å². The number of aryl methyl sites for hydroxylation is 1. The highest BCUT2D eigenvalue weighted by molar-refractivity contribution is 5.25. The third-order valence-electron chi connectivity index (χ3n) is 2.42. The smallest absolute Gasteiger partial charge is 0.115 e. The van der Waals surface area contributed by atoms with Crippen molar-refractivity contribution in [3.63, 3.8) is 0 Å². The molecule has 0 unspecified atom stereocenters. The van der Waals surface area contributed by atoms with E-state index >= 15 is 0 Å². The van der Waals surface area contributed by atoms with Gasteiger partial charge >= 0.3 is 0 Å². The van der Waals surface area contributed by atoms with E-state index in [9.17, 15) is 0 Å². The molecule has 0 aromatic heterocycles. The lowest BCUT2D eigenvalue weighted by Gasteiger charge is -2.02. The molecule has 1 aliphatic rings. The molecule has 0 saturated heterocycles. The van der Waals surface area contributed by atoms with Crippen molar-refractivity contribution in [1.29, 1.82) is 0 Å². The van der Waals surface area contributed by atoms with Gasteiger partial charge in [0.25, 0.3) is 0 Å². The summed E-state index contributed by atoms with van der Waals surface area (Å²) < 4.78 is 5.55. The lowest BCUT2D eigenvalue weighted by atomic mass is 10.1. The summed E-state index contributed by atoms with van der Waals surface area (Å²) in [5.41, 5.74) is 1.27. The van der Waals surface area contributed by atoms with Crippen molar-refractivity contribution in [2.45, 2.75) is 31.8 Å². The van der Waals surface area contributed by atoms with Crippen LogP contribution in [0.5, 0.6) is 5.75 Å². The Morgan fingerprint density at radius 3 is 2.57 bits per heavy atom. The Morgan fingerprint density at radius 2 is 1.93 bits per heavy atom. The van der Waals surface area contributed by atoms with Gasteiger partial charge in [0, 0.05) is 6.61 Å². The molecule has 1 aliphatic carbocycles. The molecule has 1 N–H and O–H groups in total. The Bertz CT molecular complexity index is 275. The third-order valence-corrected chi connectivity index (χ3v) is 2.42. The zero-order valence-corrected chi connectivity index (χ0v) is 8.28. The van der Waals surface area contributed by atoms with Gasteiger partial charge in [-0.25, -0.2) is 0 Å². The maximum atomic E-state index is 9.08. The third kappa shape index (κ3) is 3.04. The van der Waals surface area contributed by atoms with Crippen LogP contribution in [0.3, 0.4) is 0 Å². The first-order valence-corrected chi connectivity index (χ1v) is 5.24. The largest absolute Gasteiger partial charge is 0.508 e. The summed E-state index contributed by atoms with van der Waals surface area (Å²) in [4.78, 5) is 0. The first-order chi connectivity index (χ1) is 6.84. The standard InChI is InChI=1S/C12H16O2/c13-11-5-3-10(4-6-11)2-1-9-14-12-7-8-12/h3-6,12-13H,1-2,7-9H2. The minimum atomic E-state index is 0.336. The van der Waals surface area contributed by atoms with E-state index in [4.69, 9.17) is 9.84 Å². The first-order valence-electron chi connectivity index (χ1n) is 5.24. The van der Waals surface area contributed by atoms with E-state index in [-0.39, 0.29) is 0 Å². The molecular weight excluding hydrogens is 176 g/mol. The molecule has 76 valence electrons. The highest BCUT2D eigenvalue weighted by atomic mass is 16.5. The van der Waals surface area contributed by atoms with Crippen molar-refractivity contribution in [3.8, 4) is 5.75 Å². The van der Waals surface area contributed by atoms with E-state index in [1.54, 1.807) is 12.1 Å². The monoisotopic (exact) mass is 192 g/mol. The lowest BCUT2D eigenvalue weighted by molar-refractivity contribution is 0.117.